The number of nitro benzene ring substituents is 1. The zero-order valence-corrected chi connectivity index (χ0v) is 11.7. The van der Waals surface area contributed by atoms with E-state index in [9.17, 15) is 10.1 Å². The minimum atomic E-state index is -0.412. The summed E-state index contributed by atoms with van der Waals surface area (Å²) >= 11 is 0. The Hall–Kier alpha value is -2.28. The highest BCUT2D eigenvalue weighted by Gasteiger charge is 2.22. The molecular weight excluding hydrogens is 272 g/mol. The predicted octanol–water partition coefficient (Wildman–Crippen LogP) is 2.42. The highest BCUT2D eigenvalue weighted by Crippen LogP contribution is 2.28. The summed E-state index contributed by atoms with van der Waals surface area (Å²) in [5.74, 6) is 1.47. The van der Waals surface area contributed by atoms with E-state index in [0.29, 0.717) is 11.8 Å². The lowest BCUT2D eigenvalue weighted by Gasteiger charge is -2.18. The van der Waals surface area contributed by atoms with Crippen molar-refractivity contribution in [2.45, 2.75) is 25.7 Å². The summed E-state index contributed by atoms with van der Waals surface area (Å²) < 4.78 is 5.33. The summed E-state index contributed by atoms with van der Waals surface area (Å²) in [6.45, 7) is 3.73. The van der Waals surface area contributed by atoms with Gasteiger partial charge in [-0.05, 0) is 44.5 Å². The van der Waals surface area contributed by atoms with E-state index in [1.54, 1.807) is 13.0 Å². The van der Waals surface area contributed by atoms with E-state index < -0.39 is 4.92 Å². The SMILES string of the molecule is Cc1cc([N+](=O)[O-])ccc1-c1nc(C2CCNCC2)no1. The molecule has 7 heteroatoms. The van der Waals surface area contributed by atoms with E-state index in [0.717, 1.165) is 42.9 Å². The molecule has 7 nitrogen and oxygen atoms in total. The lowest BCUT2D eigenvalue weighted by molar-refractivity contribution is -0.384. The number of nitrogens with one attached hydrogen (secondary N) is 1. The lowest BCUT2D eigenvalue weighted by Crippen LogP contribution is -2.27. The Morgan fingerprint density at radius 3 is 2.81 bits per heavy atom. The molecule has 2 aromatic rings. The molecule has 0 atom stereocenters. The van der Waals surface area contributed by atoms with Crippen molar-refractivity contribution in [3.05, 3.63) is 39.7 Å². The minimum Gasteiger partial charge on any atom is -0.334 e. The Morgan fingerprint density at radius 2 is 2.14 bits per heavy atom. The first-order valence-electron chi connectivity index (χ1n) is 6.95. The molecular formula is C14H16N4O3. The zero-order valence-electron chi connectivity index (χ0n) is 11.7. The van der Waals surface area contributed by atoms with Crippen LogP contribution in [0.25, 0.3) is 11.5 Å². The molecule has 0 saturated carbocycles. The molecule has 1 aliphatic rings. The highest BCUT2D eigenvalue weighted by atomic mass is 16.6. The molecule has 21 heavy (non-hydrogen) atoms. The van der Waals surface area contributed by atoms with Gasteiger partial charge in [0.15, 0.2) is 5.82 Å². The van der Waals surface area contributed by atoms with Gasteiger partial charge in [0.2, 0.25) is 0 Å². The molecule has 1 aliphatic heterocycles. The Balaban J connectivity index is 1.87. The second-order valence-corrected chi connectivity index (χ2v) is 5.24. The van der Waals surface area contributed by atoms with Crippen LogP contribution in [0.15, 0.2) is 22.7 Å². The van der Waals surface area contributed by atoms with Gasteiger partial charge in [-0.15, -0.1) is 0 Å². The van der Waals surface area contributed by atoms with Crippen molar-refractivity contribution in [3.8, 4) is 11.5 Å². The van der Waals surface area contributed by atoms with Gasteiger partial charge in [0.1, 0.15) is 0 Å². The molecule has 0 aliphatic carbocycles. The average molecular weight is 288 g/mol. The molecule has 1 aromatic heterocycles. The van der Waals surface area contributed by atoms with Gasteiger partial charge in [0, 0.05) is 23.6 Å². The summed E-state index contributed by atoms with van der Waals surface area (Å²) in [5, 5.41) is 18.1. The van der Waals surface area contributed by atoms with Crippen molar-refractivity contribution in [2.24, 2.45) is 0 Å². The first kappa shape index (κ1) is 13.7. The smallest absolute Gasteiger partial charge is 0.269 e. The number of hydrogen-bond donors (Lipinski definition) is 1. The second-order valence-electron chi connectivity index (χ2n) is 5.24. The van der Waals surface area contributed by atoms with Gasteiger partial charge >= 0.3 is 0 Å². The fourth-order valence-electron chi connectivity index (χ4n) is 2.59. The van der Waals surface area contributed by atoms with Crippen molar-refractivity contribution in [3.63, 3.8) is 0 Å². The van der Waals surface area contributed by atoms with E-state index in [1.807, 2.05) is 0 Å². The van der Waals surface area contributed by atoms with Crippen LogP contribution in [0, 0.1) is 17.0 Å². The number of nitro groups is 1. The van der Waals surface area contributed by atoms with Gasteiger partial charge in [0.25, 0.3) is 11.6 Å². The van der Waals surface area contributed by atoms with Gasteiger partial charge in [-0.1, -0.05) is 5.16 Å². The van der Waals surface area contributed by atoms with Gasteiger partial charge < -0.3 is 9.84 Å². The van der Waals surface area contributed by atoms with Crippen LogP contribution < -0.4 is 5.32 Å². The van der Waals surface area contributed by atoms with Crippen molar-refractivity contribution in [2.75, 3.05) is 13.1 Å². The molecule has 1 aromatic carbocycles. The predicted molar refractivity (Wildman–Crippen MR) is 76.0 cm³/mol. The van der Waals surface area contributed by atoms with Gasteiger partial charge in [-0.2, -0.15) is 4.98 Å². The van der Waals surface area contributed by atoms with Gasteiger partial charge in [-0.25, -0.2) is 0 Å². The number of hydrogen-bond acceptors (Lipinski definition) is 6. The first-order chi connectivity index (χ1) is 10.1. The molecule has 0 unspecified atom stereocenters. The molecule has 1 N–H and O–H groups in total. The maximum atomic E-state index is 10.8. The summed E-state index contributed by atoms with van der Waals surface area (Å²) in [4.78, 5) is 14.8. The Kier molecular flexibility index (Phi) is 3.66. The number of benzene rings is 1. The molecule has 0 spiro atoms. The van der Waals surface area contributed by atoms with Crippen LogP contribution >= 0.6 is 0 Å². The third kappa shape index (κ3) is 2.78. The quantitative estimate of drug-likeness (QED) is 0.688. The average Bonchev–Trinajstić information content (AvgIpc) is 2.97. The van der Waals surface area contributed by atoms with Crippen LogP contribution in [0.2, 0.25) is 0 Å². The molecule has 1 fully saturated rings. The Labute approximate surface area is 121 Å². The van der Waals surface area contributed by atoms with Crippen molar-refractivity contribution >= 4 is 5.69 Å². The third-order valence-corrected chi connectivity index (χ3v) is 3.80. The number of rotatable bonds is 3. The Morgan fingerprint density at radius 1 is 1.38 bits per heavy atom. The molecule has 2 heterocycles. The Bertz CT molecular complexity index is 662. The summed E-state index contributed by atoms with van der Waals surface area (Å²) in [7, 11) is 0. The molecule has 3 rings (SSSR count). The maximum Gasteiger partial charge on any atom is 0.269 e. The zero-order chi connectivity index (χ0) is 14.8. The minimum absolute atomic E-state index is 0.0642. The van der Waals surface area contributed by atoms with Crippen LogP contribution in [-0.2, 0) is 0 Å². The summed E-state index contributed by atoms with van der Waals surface area (Å²) in [6, 6.07) is 4.63. The van der Waals surface area contributed by atoms with Crippen LogP contribution in [0.1, 0.15) is 30.1 Å². The van der Waals surface area contributed by atoms with E-state index in [1.165, 1.54) is 12.1 Å². The third-order valence-electron chi connectivity index (χ3n) is 3.80. The number of aromatic nitrogens is 2. The standard InChI is InChI=1S/C14H16N4O3/c1-9-8-11(18(19)20)2-3-12(9)14-16-13(17-21-14)10-4-6-15-7-5-10/h2-3,8,10,15H,4-7H2,1H3. The van der Waals surface area contributed by atoms with Crippen molar-refractivity contribution in [1.82, 2.24) is 15.5 Å². The number of aryl methyl sites for hydroxylation is 1. The van der Waals surface area contributed by atoms with Crippen LogP contribution in [0.5, 0.6) is 0 Å². The molecule has 0 bridgehead atoms. The van der Waals surface area contributed by atoms with Crippen molar-refractivity contribution in [1.29, 1.82) is 0 Å². The molecule has 0 amide bonds. The molecule has 1 saturated heterocycles. The highest BCUT2D eigenvalue weighted by molar-refractivity contribution is 5.61. The van der Waals surface area contributed by atoms with E-state index in [4.69, 9.17) is 4.52 Å². The van der Waals surface area contributed by atoms with Gasteiger partial charge in [-0.3, -0.25) is 10.1 Å². The van der Waals surface area contributed by atoms with E-state index >= 15 is 0 Å². The first-order valence-corrected chi connectivity index (χ1v) is 6.95. The monoisotopic (exact) mass is 288 g/mol. The lowest BCUT2D eigenvalue weighted by atomic mass is 9.97. The van der Waals surface area contributed by atoms with E-state index in [-0.39, 0.29) is 5.69 Å². The summed E-state index contributed by atoms with van der Waals surface area (Å²) in [6.07, 6.45) is 2.00. The fraction of sp³-hybridized carbons (Fsp3) is 0.429. The molecule has 110 valence electrons. The van der Waals surface area contributed by atoms with Crippen LogP contribution in [0.4, 0.5) is 5.69 Å². The number of nitrogens with zero attached hydrogens (tertiary/aromatic N) is 3. The molecule has 0 radical (unpaired) electrons. The fourth-order valence-corrected chi connectivity index (χ4v) is 2.59. The van der Waals surface area contributed by atoms with Crippen molar-refractivity contribution < 1.29 is 9.45 Å². The maximum absolute atomic E-state index is 10.8. The normalized spacial score (nSPS) is 16.0. The second kappa shape index (κ2) is 5.61. The largest absolute Gasteiger partial charge is 0.334 e. The number of non-ortho nitro benzene ring substituents is 1. The topological polar surface area (TPSA) is 94.1 Å². The number of piperidine rings is 1. The van der Waals surface area contributed by atoms with Gasteiger partial charge in [0.05, 0.1) is 4.92 Å². The van der Waals surface area contributed by atoms with Crippen LogP contribution in [0.3, 0.4) is 0 Å². The van der Waals surface area contributed by atoms with E-state index in [2.05, 4.69) is 15.5 Å². The van der Waals surface area contributed by atoms with Crippen LogP contribution in [-0.4, -0.2) is 28.2 Å². The summed E-state index contributed by atoms with van der Waals surface area (Å²) in [5.41, 5.74) is 1.56.